The van der Waals surface area contributed by atoms with Crippen LogP contribution < -0.4 is 0 Å². The Labute approximate surface area is 125 Å². The molecule has 0 spiro atoms. The van der Waals surface area contributed by atoms with Crippen LogP contribution in [0.4, 0.5) is 0 Å². The largest absolute Gasteiger partial charge is 0.468 e. The van der Waals surface area contributed by atoms with Gasteiger partial charge in [-0.25, -0.2) is 0 Å². The van der Waals surface area contributed by atoms with Gasteiger partial charge in [-0.2, -0.15) is 0 Å². The van der Waals surface area contributed by atoms with E-state index in [1.807, 2.05) is 0 Å². The van der Waals surface area contributed by atoms with Crippen LogP contribution in [-0.4, -0.2) is 26.2 Å². The molecule has 0 aromatic rings. The molecule has 4 nitrogen and oxygen atoms in total. The molecule has 0 fully saturated rings. The molecule has 0 aliphatic heterocycles. The van der Waals surface area contributed by atoms with Gasteiger partial charge in [0.25, 0.3) is 0 Å². The summed E-state index contributed by atoms with van der Waals surface area (Å²) in [6.07, 6.45) is 4.08. The van der Waals surface area contributed by atoms with E-state index in [1.165, 1.54) is 14.2 Å². The van der Waals surface area contributed by atoms with Crippen molar-refractivity contribution in [1.29, 1.82) is 0 Å². The fourth-order valence-electron chi connectivity index (χ4n) is 3.46. The molecule has 0 saturated carbocycles. The summed E-state index contributed by atoms with van der Waals surface area (Å²) in [6, 6.07) is 0. The fourth-order valence-corrected chi connectivity index (χ4v) is 3.46. The lowest BCUT2D eigenvalue weighted by Crippen LogP contribution is -2.41. The molecule has 2 aliphatic carbocycles. The lowest BCUT2D eigenvalue weighted by atomic mass is 9.76. The van der Waals surface area contributed by atoms with Crippen molar-refractivity contribution in [1.82, 2.24) is 0 Å². The topological polar surface area (TPSA) is 52.6 Å². The maximum atomic E-state index is 12.3. The summed E-state index contributed by atoms with van der Waals surface area (Å²) < 4.78 is 9.80. The van der Waals surface area contributed by atoms with Gasteiger partial charge in [0.15, 0.2) is 5.41 Å². The van der Waals surface area contributed by atoms with Crippen molar-refractivity contribution in [3.05, 3.63) is 35.5 Å². The van der Waals surface area contributed by atoms with Crippen LogP contribution in [0.25, 0.3) is 0 Å². The van der Waals surface area contributed by atoms with Gasteiger partial charge in [-0.15, -0.1) is 0 Å². The number of carbonyl (C=O) groups excluding carboxylic acids is 2. The summed E-state index contributed by atoms with van der Waals surface area (Å²) in [4.78, 5) is 24.6. The summed E-state index contributed by atoms with van der Waals surface area (Å²) in [7, 11) is 2.61. The highest BCUT2D eigenvalue weighted by Crippen LogP contribution is 2.46. The molecule has 0 saturated heterocycles. The van der Waals surface area contributed by atoms with Crippen LogP contribution in [0.2, 0.25) is 0 Å². The third kappa shape index (κ3) is 2.55. The predicted octanol–water partition coefficient (Wildman–Crippen LogP) is 3.10. The molecule has 4 heteroatoms. The summed E-state index contributed by atoms with van der Waals surface area (Å²) in [5.41, 5.74) is 2.94. The Morgan fingerprint density at radius 3 is 2.14 bits per heavy atom. The van der Waals surface area contributed by atoms with Crippen molar-refractivity contribution in [2.75, 3.05) is 14.2 Å². The molecule has 0 aromatic carbocycles. The molecule has 0 atom stereocenters. The average Bonchev–Trinajstić information content (AvgIpc) is 2.64. The number of rotatable bonds is 2. The first-order valence-electron chi connectivity index (χ1n) is 7.21. The Bertz CT molecular complexity index is 523. The Balaban J connectivity index is 2.51. The van der Waals surface area contributed by atoms with Gasteiger partial charge in [0.2, 0.25) is 0 Å². The predicted molar refractivity (Wildman–Crippen MR) is 79.5 cm³/mol. The smallest absolute Gasteiger partial charge is 0.323 e. The van der Waals surface area contributed by atoms with Crippen LogP contribution in [0.5, 0.6) is 0 Å². The zero-order chi connectivity index (χ0) is 15.6. The van der Waals surface area contributed by atoms with Gasteiger partial charge in [0.1, 0.15) is 0 Å². The standard InChI is InChI=1S/C17H22O4/c1-11-6-5-7-13-10-17(15(18)20-3,16(19)21-4)9-8-12(2)14(11)13/h1-2,5-10H2,3-4H3. The normalized spacial score (nSPS) is 21.4. The van der Waals surface area contributed by atoms with E-state index < -0.39 is 17.4 Å². The van der Waals surface area contributed by atoms with E-state index in [2.05, 4.69) is 13.2 Å². The number of esters is 2. The minimum atomic E-state index is -1.25. The number of methoxy groups -OCH3 is 2. The summed E-state index contributed by atoms with van der Waals surface area (Å²) in [6.45, 7) is 8.24. The van der Waals surface area contributed by atoms with Gasteiger partial charge < -0.3 is 9.47 Å². The van der Waals surface area contributed by atoms with Crippen LogP contribution in [0.3, 0.4) is 0 Å². The number of ether oxygens (including phenoxy) is 2. The third-order valence-electron chi connectivity index (χ3n) is 4.54. The first kappa shape index (κ1) is 15.5. The summed E-state index contributed by atoms with van der Waals surface area (Å²) >= 11 is 0. The Morgan fingerprint density at radius 2 is 1.57 bits per heavy atom. The summed E-state index contributed by atoms with van der Waals surface area (Å²) in [5, 5.41) is 0. The molecular weight excluding hydrogens is 268 g/mol. The molecule has 114 valence electrons. The molecule has 21 heavy (non-hydrogen) atoms. The first-order chi connectivity index (χ1) is 9.96. The molecule has 0 bridgehead atoms. The molecule has 0 amide bonds. The minimum Gasteiger partial charge on any atom is -0.468 e. The number of allylic oxidation sites excluding steroid dienone is 4. The van der Waals surface area contributed by atoms with E-state index in [0.717, 1.165) is 41.6 Å². The molecule has 2 aliphatic rings. The van der Waals surface area contributed by atoms with Crippen LogP contribution in [0, 0.1) is 5.41 Å². The van der Waals surface area contributed by atoms with Crippen molar-refractivity contribution in [3.8, 4) is 0 Å². The van der Waals surface area contributed by atoms with E-state index in [-0.39, 0.29) is 0 Å². The zero-order valence-corrected chi connectivity index (χ0v) is 12.8. The van der Waals surface area contributed by atoms with Crippen molar-refractivity contribution >= 4 is 11.9 Å². The van der Waals surface area contributed by atoms with Crippen LogP contribution >= 0.6 is 0 Å². The molecule has 0 heterocycles. The molecule has 0 N–H and O–H groups in total. The first-order valence-corrected chi connectivity index (χ1v) is 7.21. The maximum Gasteiger partial charge on any atom is 0.323 e. The van der Waals surface area contributed by atoms with Crippen LogP contribution in [0.15, 0.2) is 35.5 Å². The van der Waals surface area contributed by atoms with Crippen molar-refractivity contribution in [2.45, 2.75) is 38.5 Å². The van der Waals surface area contributed by atoms with Gasteiger partial charge in [0.05, 0.1) is 14.2 Å². The molecular formula is C17H22O4. The molecule has 0 unspecified atom stereocenters. The molecule has 0 aromatic heterocycles. The SMILES string of the molecule is C=C1CCCC2=C1C(=C)CCC(C(=O)OC)(C(=O)OC)C2. The summed E-state index contributed by atoms with van der Waals surface area (Å²) in [5.74, 6) is -1.04. The number of hydrogen-bond donors (Lipinski definition) is 0. The second kappa shape index (κ2) is 5.88. The zero-order valence-electron chi connectivity index (χ0n) is 12.8. The van der Waals surface area contributed by atoms with Gasteiger partial charge in [-0.3, -0.25) is 9.59 Å². The molecule has 2 rings (SSSR count). The third-order valence-corrected chi connectivity index (χ3v) is 4.54. The van der Waals surface area contributed by atoms with Gasteiger partial charge in [-0.1, -0.05) is 18.7 Å². The van der Waals surface area contributed by atoms with E-state index >= 15 is 0 Å². The Morgan fingerprint density at radius 1 is 1.00 bits per heavy atom. The van der Waals surface area contributed by atoms with Crippen LogP contribution in [-0.2, 0) is 19.1 Å². The van der Waals surface area contributed by atoms with E-state index in [9.17, 15) is 9.59 Å². The number of carbonyl (C=O) groups is 2. The second-order valence-electron chi connectivity index (χ2n) is 5.78. The van der Waals surface area contributed by atoms with Crippen molar-refractivity contribution in [3.63, 3.8) is 0 Å². The van der Waals surface area contributed by atoms with E-state index in [0.29, 0.717) is 19.3 Å². The average molecular weight is 290 g/mol. The van der Waals surface area contributed by atoms with Crippen molar-refractivity contribution < 1.29 is 19.1 Å². The van der Waals surface area contributed by atoms with Crippen LogP contribution in [0.1, 0.15) is 38.5 Å². The lowest BCUT2D eigenvalue weighted by molar-refractivity contribution is -0.169. The highest BCUT2D eigenvalue weighted by Gasteiger charge is 2.50. The quantitative estimate of drug-likeness (QED) is 0.579. The lowest BCUT2D eigenvalue weighted by Gasteiger charge is -2.29. The number of hydrogen-bond acceptors (Lipinski definition) is 4. The van der Waals surface area contributed by atoms with Crippen molar-refractivity contribution in [2.24, 2.45) is 5.41 Å². The van der Waals surface area contributed by atoms with Gasteiger partial charge >= 0.3 is 11.9 Å². The van der Waals surface area contributed by atoms with Gasteiger partial charge in [0, 0.05) is 0 Å². The Kier molecular flexibility index (Phi) is 4.35. The monoisotopic (exact) mass is 290 g/mol. The van der Waals surface area contributed by atoms with Gasteiger partial charge in [-0.05, 0) is 55.2 Å². The maximum absolute atomic E-state index is 12.3. The highest BCUT2D eigenvalue weighted by atomic mass is 16.5. The van der Waals surface area contributed by atoms with E-state index in [4.69, 9.17) is 9.47 Å². The van der Waals surface area contributed by atoms with E-state index in [1.54, 1.807) is 0 Å². The highest BCUT2D eigenvalue weighted by molar-refractivity contribution is 6.00. The minimum absolute atomic E-state index is 0.347. The Hall–Kier alpha value is -1.84. The molecule has 0 radical (unpaired) electrons. The fraction of sp³-hybridized carbons (Fsp3) is 0.529. The second-order valence-corrected chi connectivity index (χ2v) is 5.78.